The Morgan fingerprint density at radius 2 is 2.11 bits per heavy atom. The maximum atomic E-state index is 12.6. The second-order valence-corrected chi connectivity index (χ2v) is 3.41. The number of nitrogens with two attached hydrogens (primary N) is 1. The van der Waals surface area contributed by atoms with Crippen LogP contribution in [-0.4, -0.2) is 20.7 Å². The highest BCUT2D eigenvalue weighted by atomic mass is 19.4. The summed E-state index contributed by atoms with van der Waals surface area (Å²) >= 11 is 0. The third-order valence-electron chi connectivity index (χ3n) is 2.16. The highest BCUT2D eigenvalue weighted by molar-refractivity contribution is 5.94. The van der Waals surface area contributed by atoms with Crippen molar-refractivity contribution in [3.63, 3.8) is 0 Å². The Bertz CT molecular complexity index is 577. The average Bonchev–Trinajstić information content (AvgIpc) is 2.74. The predicted molar refractivity (Wildman–Crippen MR) is 54.9 cm³/mol. The van der Waals surface area contributed by atoms with Crippen LogP contribution in [0.15, 0.2) is 30.7 Å². The van der Waals surface area contributed by atoms with Gasteiger partial charge in [0.2, 0.25) is 0 Å². The van der Waals surface area contributed by atoms with Crippen LogP contribution in [0.2, 0.25) is 0 Å². The molecule has 18 heavy (non-hydrogen) atoms. The van der Waals surface area contributed by atoms with Gasteiger partial charge in [0.05, 0.1) is 17.4 Å². The van der Waals surface area contributed by atoms with Crippen molar-refractivity contribution in [1.29, 1.82) is 0 Å². The van der Waals surface area contributed by atoms with Gasteiger partial charge in [-0.05, 0) is 12.1 Å². The molecule has 0 unspecified atom stereocenters. The van der Waals surface area contributed by atoms with Crippen LogP contribution in [0.3, 0.4) is 0 Å². The maximum Gasteiger partial charge on any atom is 0.435 e. The van der Waals surface area contributed by atoms with Gasteiger partial charge >= 0.3 is 6.18 Å². The molecule has 2 rings (SSSR count). The summed E-state index contributed by atoms with van der Waals surface area (Å²) in [6, 6.07) is 3.04. The average molecular weight is 256 g/mol. The van der Waals surface area contributed by atoms with Crippen molar-refractivity contribution in [2.24, 2.45) is 5.73 Å². The molecule has 0 aromatic carbocycles. The minimum Gasteiger partial charge on any atom is -0.365 e. The first-order chi connectivity index (χ1) is 8.39. The van der Waals surface area contributed by atoms with Gasteiger partial charge in [-0.2, -0.15) is 18.3 Å². The Morgan fingerprint density at radius 1 is 1.39 bits per heavy atom. The van der Waals surface area contributed by atoms with Crippen molar-refractivity contribution < 1.29 is 18.0 Å². The molecule has 2 N–H and O–H groups in total. The lowest BCUT2D eigenvalue weighted by molar-refractivity contribution is -0.141. The zero-order valence-electron chi connectivity index (χ0n) is 8.85. The van der Waals surface area contributed by atoms with Gasteiger partial charge in [-0.15, -0.1) is 0 Å². The molecule has 0 aliphatic rings. The lowest BCUT2D eigenvalue weighted by Crippen LogP contribution is -2.17. The van der Waals surface area contributed by atoms with E-state index >= 15 is 0 Å². The van der Waals surface area contributed by atoms with E-state index in [0.29, 0.717) is 5.69 Å². The normalized spacial score (nSPS) is 11.5. The Hall–Kier alpha value is -2.38. The zero-order chi connectivity index (χ0) is 13.3. The fourth-order valence-corrected chi connectivity index (χ4v) is 1.39. The fraction of sp³-hybridized carbons (Fsp3) is 0.100. The minimum absolute atomic E-state index is 0.301. The second kappa shape index (κ2) is 4.13. The van der Waals surface area contributed by atoms with Gasteiger partial charge in [-0.25, -0.2) is 4.68 Å². The molecule has 0 bridgehead atoms. The van der Waals surface area contributed by atoms with E-state index in [1.165, 1.54) is 24.5 Å². The van der Waals surface area contributed by atoms with E-state index < -0.39 is 23.3 Å². The van der Waals surface area contributed by atoms with Gasteiger partial charge in [-0.1, -0.05) is 0 Å². The quantitative estimate of drug-likeness (QED) is 0.882. The van der Waals surface area contributed by atoms with Crippen LogP contribution in [0.25, 0.3) is 5.69 Å². The van der Waals surface area contributed by atoms with Crippen molar-refractivity contribution in [2.75, 3.05) is 0 Å². The standard InChI is InChI=1S/C10H7F3N4O/c11-10(12,13)8-7(9(14)18)5-17(16-8)6-2-1-3-15-4-6/h1-5H,(H2,14,18). The molecule has 2 heterocycles. The van der Waals surface area contributed by atoms with E-state index in [0.717, 1.165) is 10.9 Å². The number of aromatic nitrogens is 3. The molecule has 0 radical (unpaired) electrons. The number of alkyl halides is 3. The first-order valence-electron chi connectivity index (χ1n) is 4.76. The summed E-state index contributed by atoms with van der Waals surface area (Å²) in [7, 11) is 0. The van der Waals surface area contributed by atoms with E-state index in [9.17, 15) is 18.0 Å². The summed E-state index contributed by atoms with van der Waals surface area (Å²) in [5, 5.41) is 3.32. The Balaban J connectivity index is 2.57. The van der Waals surface area contributed by atoms with Gasteiger partial charge in [0.15, 0.2) is 5.69 Å². The second-order valence-electron chi connectivity index (χ2n) is 3.41. The lowest BCUT2D eigenvalue weighted by Gasteiger charge is -2.03. The first-order valence-corrected chi connectivity index (χ1v) is 4.76. The molecule has 0 saturated heterocycles. The van der Waals surface area contributed by atoms with Gasteiger partial charge in [0.1, 0.15) is 0 Å². The molecule has 0 atom stereocenters. The van der Waals surface area contributed by atoms with Crippen molar-refractivity contribution in [1.82, 2.24) is 14.8 Å². The molecule has 0 saturated carbocycles. The number of hydrogen-bond donors (Lipinski definition) is 1. The summed E-state index contributed by atoms with van der Waals surface area (Å²) in [6.07, 6.45) is -1.02. The SMILES string of the molecule is NC(=O)c1cn(-c2cccnc2)nc1C(F)(F)F. The smallest absolute Gasteiger partial charge is 0.365 e. The van der Waals surface area contributed by atoms with E-state index in [4.69, 9.17) is 5.73 Å². The summed E-state index contributed by atoms with van der Waals surface area (Å²) in [5.74, 6) is -1.18. The van der Waals surface area contributed by atoms with Gasteiger partial charge in [0.25, 0.3) is 5.91 Å². The molecule has 5 nitrogen and oxygen atoms in total. The van der Waals surface area contributed by atoms with Crippen LogP contribution >= 0.6 is 0 Å². The van der Waals surface area contributed by atoms with Crippen molar-refractivity contribution in [3.8, 4) is 5.69 Å². The van der Waals surface area contributed by atoms with Gasteiger partial charge in [-0.3, -0.25) is 9.78 Å². The molecule has 0 spiro atoms. The Morgan fingerprint density at radius 3 is 2.56 bits per heavy atom. The molecule has 1 amide bonds. The molecule has 0 fully saturated rings. The lowest BCUT2D eigenvalue weighted by atomic mass is 10.2. The van der Waals surface area contributed by atoms with Crippen LogP contribution < -0.4 is 5.73 Å². The van der Waals surface area contributed by atoms with Crippen LogP contribution in [0.4, 0.5) is 13.2 Å². The number of nitrogens with zero attached hydrogens (tertiary/aromatic N) is 3. The van der Waals surface area contributed by atoms with E-state index in [-0.39, 0.29) is 0 Å². The summed E-state index contributed by atoms with van der Waals surface area (Å²) in [4.78, 5) is 14.7. The van der Waals surface area contributed by atoms with Crippen LogP contribution in [-0.2, 0) is 6.18 Å². The van der Waals surface area contributed by atoms with E-state index in [2.05, 4.69) is 10.1 Å². The molecule has 8 heteroatoms. The topological polar surface area (TPSA) is 73.8 Å². The first kappa shape index (κ1) is 12.1. The number of pyridine rings is 1. The predicted octanol–water partition coefficient (Wildman–Crippen LogP) is 1.39. The van der Waals surface area contributed by atoms with E-state index in [1.807, 2.05) is 0 Å². The molecule has 2 aromatic rings. The zero-order valence-corrected chi connectivity index (χ0v) is 8.85. The molecule has 0 aliphatic carbocycles. The number of rotatable bonds is 2. The molecule has 94 valence electrons. The van der Waals surface area contributed by atoms with Gasteiger partial charge < -0.3 is 5.73 Å². The number of primary amides is 1. The summed E-state index contributed by atoms with van der Waals surface area (Å²) in [5.41, 5.74) is 3.21. The molecule has 0 aliphatic heterocycles. The summed E-state index contributed by atoms with van der Waals surface area (Å²) < 4.78 is 38.8. The number of carbonyl (C=O) groups excluding carboxylic acids is 1. The van der Waals surface area contributed by atoms with Crippen molar-refractivity contribution in [3.05, 3.63) is 42.0 Å². The van der Waals surface area contributed by atoms with Crippen molar-refractivity contribution >= 4 is 5.91 Å². The maximum absolute atomic E-state index is 12.6. The molecular weight excluding hydrogens is 249 g/mol. The minimum atomic E-state index is -4.74. The number of carbonyl (C=O) groups is 1. The molecular formula is C10H7F3N4O. The number of amides is 1. The van der Waals surface area contributed by atoms with Crippen LogP contribution in [0.1, 0.15) is 16.1 Å². The van der Waals surface area contributed by atoms with E-state index in [1.54, 1.807) is 0 Å². The van der Waals surface area contributed by atoms with Gasteiger partial charge in [0, 0.05) is 12.4 Å². The highest BCUT2D eigenvalue weighted by Gasteiger charge is 2.38. The number of hydrogen-bond acceptors (Lipinski definition) is 3. The Labute approximate surface area is 99.0 Å². The summed E-state index contributed by atoms with van der Waals surface area (Å²) in [6.45, 7) is 0. The Kier molecular flexibility index (Phi) is 2.77. The van der Waals surface area contributed by atoms with Crippen molar-refractivity contribution in [2.45, 2.75) is 6.18 Å². The third kappa shape index (κ3) is 2.17. The molecule has 2 aromatic heterocycles. The van der Waals surface area contributed by atoms with Crippen LogP contribution in [0.5, 0.6) is 0 Å². The fourth-order valence-electron chi connectivity index (χ4n) is 1.39. The highest BCUT2D eigenvalue weighted by Crippen LogP contribution is 2.31. The largest absolute Gasteiger partial charge is 0.435 e. The monoisotopic (exact) mass is 256 g/mol. The number of halogens is 3. The van der Waals surface area contributed by atoms with Crippen LogP contribution in [0, 0.1) is 0 Å². The third-order valence-corrected chi connectivity index (χ3v) is 2.16.